The number of hydrogen-bond acceptors (Lipinski definition) is 4. The Morgan fingerprint density at radius 2 is 1.66 bits per heavy atom. The summed E-state index contributed by atoms with van der Waals surface area (Å²) in [6.45, 7) is 8.48. The molecule has 6 heteroatoms. The highest BCUT2D eigenvalue weighted by Gasteiger charge is 2.37. The van der Waals surface area contributed by atoms with E-state index in [2.05, 4.69) is 10.00 Å². The second-order valence-corrected chi connectivity index (χ2v) is 7.84. The molecule has 0 atom stereocenters. The van der Waals surface area contributed by atoms with E-state index in [9.17, 15) is 9.59 Å². The van der Waals surface area contributed by atoms with Crippen molar-refractivity contribution in [3.8, 4) is 0 Å². The van der Waals surface area contributed by atoms with E-state index in [4.69, 9.17) is 0 Å². The minimum absolute atomic E-state index is 0.270. The van der Waals surface area contributed by atoms with Crippen LogP contribution in [0.5, 0.6) is 0 Å². The molecule has 0 aliphatic carbocycles. The second kappa shape index (κ2) is 6.44. The minimum atomic E-state index is -0.270. The number of anilines is 2. The van der Waals surface area contributed by atoms with Crippen LogP contribution in [0.1, 0.15) is 51.9 Å². The van der Waals surface area contributed by atoms with Crippen molar-refractivity contribution in [2.24, 2.45) is 0 Å². The lowest BCUT2D eigenvalue weighted by Gasteiger charge is -2.29. The Morgan fingerprint density at radius 3 is 2.31 bits per heavy atom. The van der Waals surface area contributed by atoms with E-state index in [-0.39, 0.29) is 11.8 Å². The van der Waals surface area contributed by atoms with Gasteiger partial charge < -0.3 is 4.90 Å². The van der Waals surface area contributed by atoms with Crippen LogP contribution in [-0.4, -0.2) is 34.7 Å². The number of amides is 2. The number of carbonyl (C=O) groups excluding carboxylic acids is 2. The summed E-state index contributed by atoms with van der Waals surface area (Å²) in [4.78, 5) is 30.7. The lowest BCUT2D eigenvalue weighted by molar-refractivity contribution is 0.0893. The zero-order valence-electron chi connectivity index (χ0n) is 17.0. The molecule has 1 aromatic heterocycles. The third-order valence-electron chi connectivity index (χ3n) is 6.20. The molecule has 0 saturated carbocycles. The van der Waals surface area contributed by atoms with Gasteiger partial charge in [-0.25, -0.2) is 4.90 Å². The van der Waals surface area contributed by atoms with E-state index >= 15 is 0 Å². The maximum absolute atomic E-state index is 13.5. The van der Waals surface area contributed by atoms with Gasteiger partial charge in [-0.1, -0.05) is 12.1 Å². The van der Waals surface area contributed by atoms with Gasteiger partial charge in [0.15, 0.2) is 0 Å². The van der Waals surface area contributed by atoms with E-state index in [0.717, 1.165) is 35.2 Å². The van der Waals surface area contributed by atoms with E-state index in [0.29, 0.717) is 29.1 Å². The van der Waals surface area contributed by atoms with E-state index < -0.39 is 0 Å². The van der Waals surface area contributed by atoms with Crippen molar-refractivity contribution < 1.29 is 9.59 Å². The molecule has 1 fully saturated rings. The van der Waals surface area contributed by atoms with Gasteiger partial charge in [0, 0.05) is 47.2 Å². The number of imide groups is 1. The monoisotopic (exact) mass is 388 g/mol. The van der Waals surface area contributed by atoms with Crippen molar-refractivity contribution in [3.05, 3.63) is 52.8 Å². The van der Waals surface area contributed by atoms with Crippen LogP contribution in [0.15, 0.2) is 30.3 Å². The molecule has 2 aliphatic heterocycles. The molecule has 5 rings (SSSR count). The Balaban J connectivity index is 1.72. The Morgan fingerprint density at radius 1 is 0.966 bits per heavy atom. The van der Waals surface area contributed by atoms with Crippen LogP contribution < -0.4 is 9.80 Å². The zero-order chi connectivity index (χ0) is 20.3. The van der Waals surface area contributed by atoms with Crippen LogP contribution >= 0.6 is 0 Å². The average Bonchev–Trinajstić information content (AvgIpc) is 3.35. The summed E-state index contributed by atoms with van der Waals surface area (Å²) in [5, 5.41) is 6.27. The number of carbonyl (C=O) groups is 2. The van der Waals surface area contributed by atoms with Crippen LogP contribution in [0.4, 0.5) is 11.4 Å². The van der Waals surface area contributed by atoms with Crippen LogP contribution in [0, 0.1) is 13.8 Å². The van der Waals surface area contributed by atoms with Gasteiger partial charge in [-0.05, 0) is 51.8 Å². The molecule has 148 valence electrons. The first-order valence-electron chi connectivity index (χ1n) is 10.3. The number of nitrogens with zero attached hydrogens (tertiary/aromatic N) is 4. The lowest BCUT2D eigenvalue weighted by atomic mass is 9.92. The molecule has 29 heavy (non-hydrogen) atoms. The minimum Gasteiger partial charge on any atom is -0.371 e. The molecular weight excluding hydrogens is 364 g/mol. The molecule has 3 heterocycles. The fraction of sp³-hybridized carbons (Fsp3) is 0.348. The van der Waals surface area contributed by atoms with Gasteiger partial charge in [-0.2, -0.15) is 5.10 Å². The predicted molar refractivity (Wildman–Crippen MR) is 114 cm³/mol. The molecule has 0 unspecified atom stereocenters. The van der Waals surface area contributed by atoms with Crippen LogP contribution in [0.2, 0.25) is 0 Å². The average molecular weight is 388 g/mol. The number of rotatable bonds is 3. The highest BCUT2D eigenvalue weighted by molar-refractivity contribution is 6.36. The summed E-state index contributed by atoms with van der Waals surface area (Å²) in [6.07, 6.45) is 2.35. The molecule has 2 amide bonds. The van der Waals surface area contributed by atoms with Gasteiger partial charge in [0.25, 0.3) is 11.8 Å². The van der Waals surface area contributed by atoms with Gasteiger partial charge >= 0.3 is 0 Å². The van der Waals surface area contributed by atoms with Crippen molar-refractivity contribution in [1.29, 1.82) is 0 Å². The number of hydrogen-bond donors (Lipinski definition) is 0. The highest BCUT2D eigenvalue weighted by Crippen LogP contribution is 2.39. The molecule has 2 aromatic carbocycles. The molecule has 2 aliphatic rings. The SMILES string of the molecule is CCn1nc(C)c(N2C(=O)c3cccc4c(N5CCCC5)ccc(c34)C2=O)c1C. The number of aryl methyl sites for hydroxylation is 2. The molecule has 0 radical (unpaired) electrons. The highest BCUT2D eigenvalue weighted by atomic mass is 16.2. The van der Waals surface area contributed by atoms with Gasteiger partial charge in [0.05, 0.1) is 17.1 Å². The normalized spacial score (nSPS) is 16.4. The number of benzene rings is 2. The fourth-order valence-corrected chi connectivity index (χ4v) is 4.84. The lowest BCUT2D eigenvalue weighted by Crippen LogP contribution is -2.41. The van der Waals surface area contributed by atoms with Crippen LogP contribution in [0.25, 0.3) is 10.8 Å². The van der Waals surface area contributed by atoms with Crippen LogP contribution in [-0.2, 0) is 6.54 Å². The van der Waals surface area contributed by atoms with Gasteiger partial charge in [0.2, 0.25) is 0 Å². The van der Waals surface area contributed by atoms with E-state index in [1.54, 1.807) is 0 Å². The molecule has 0 spiro atoms. The predicted octanol–water partition coefficient (Wildman–Crippen LogP) is 4.07. The zero-order valence-corrected chi connectivity index (χ0v) is 17.0. The molecule has 0 N–H and O–H groups in total. The summed E-state index contributed by atoms with van der Waals surface area (Å²) >= 11 is 0. The smallest absolute Gasteiger partial charge is 0.266 e. The van der Waals surface area contributed by atoms with Crippen molar-refractivity contribution in [1.82, 2.24) is 9.78 Å². The standard InChI is InChI=1S/C23H24N4O2/c1-4-26-15(3)21(14(2)24-26)27-22(28)17-9-7-8-16-19(25-12-5-6-13-25)11-10-18(20(16)17)23(27)29/h7-11H,4-6,12-13H2,1-3H3. The van der Waals surface area contributed by atoms with Crippen LogP contribution in [0.3, 0.4) is 0 Å². The van der Waals surface area contributed by atoms with E-state index in [1.807, 2.05) is 55.8 Å². The maximum Gasteiger partial charge on any atom is 0.266 e. The first-order chi connectivity index (χ1) is 14.0. The molecular formula is C23H24N4O2. The summed E-state index contributed by atoms with van der Waals surface area (Å²) in [5.74, 6) is -0.540. The summed E-state index contributed by atoms with van der Waals surface area (Å²) in [6, 6.07) is 9.69. The molecule has 6 nitrogen and oxygen atoms in total. The fourth-order valence-electron chi connectivity index (χ4n) is 4.84. The van der Waals surface area contributed by atoms with E-state index in [1.165, 1.54) is 17.7 Å². The first-order valence-corrected chi connectivity index (χ1v) is 10.3. The molecule has 0 bridgehead atoms. The third kappa shape index (κ3) is 2.44. The largest absolute Gasteiger partial charge is 0.371 e. The van der Waals surface area contributed by atoms with Gasteiger partial charge in [-0.15, -0.1) is 0 Å². The Kier molecular flexibility index (Phi) is 3.98. The summed E-state index contributed by atoms with van der Waals surface area (Å²) < 4.78 is 1.83. The second-order valence-electron chi connectivity index (χ2n) is 7.84. The number of aromatic nitrogens is 2. The summed E-state index contributed by atoms with van der Waals surface area (Å²) in [5.41, 5.74) is 4.41. The molecule has 3 aromatic rings. The quantitative estimate of drug-likeness (QED) is 0.635. The molecule has 1 saturated heterocycles. The Labute approximate surface area is 169 Å². The topological polar surface area (TPSA) is 58.4 Å². The summed E-state index contributed by atoms with van der Waals surface area (Å²) in [7, 11) is 0. The van der Waals surface area contributed by atoms with Crippen molar-refractivity contribution in [3.63, 3.8) is 0 Å². The van der Waals surface area contributed by atoms with Gasteiger partial charge in [0.1, 0.15) is 0 Å². The van der Waals surface area contributed by atoms with Crippen molar-refractivity contribution >= 4 is 34.0 Å². The third-order valence-corrected chi connectivity index (χ3v) is 6.20. The van der Waals surface area contributed by atoms with Crippen molar-refractivity contribution in [2.75, 3.05) is 22.9 Å². The first kappa shape index (κ1) is 17.9. The Hall–Kier alpha value is -3.15. The Bertz CT molecular complexity index is 1150. The van der Waals surface area contributed by atoms with Gasteiger partial charge in [-0.3, -0.25) is 14.3 Å². The maximum atomic E-state index is 13.5. The van der Waals surface area contributed by atoms with Crippen molar-refractivity contribution in [2.45, 2.75) is 40.2 Å².